The summed E-state index contributed by atoms with van der Waals surface area (Å²) >= 11 is 1.12. The summed E-state index contributed by atoms with van der Waals surface area (Å²) in [5, 5.41) is 5.84. The highest BCUT2D eigenvalue weighted by Gasteiger charge is 2.26. The van der Waals surface area contributed by atoms with Gasteiger partial charge >= 0.3 is 0 Å². The highest BCUT2D eigenvalue weighted by atomic mass is 32.2. The van der Waals surface area contributed by atoms with E-state index in [1.165, 1.54) is 39.5 Å². The number of rotatable bonds is 7. The maximum Gasteiger partial charge on any atom is 0.266 e. The number of fused-ring (bicyclic) bond motifs is 1. The van der Waals surface area contributed by atoms with E-state index in [2.05, 4.69) is 15.6 Å². The van der Waals surface area contributed by atoms with Gasteiger partial charge in [-0.1, -0.05) is 18.2 Å². The first-order chi connectivity index (χ1) is 19.1. The molecule has 0 radical (unpaired) electrons. The van der Waals surface area contributed by atoms with E-state index in [9.17, 15) is 22.8 Å². The van der Waals surface area contributed by atoms with Gasteiger partial charge in [0.25, 0.3) is 11.5 Å². The SMILES string of the molecule is Cc1ccccc1NC(=O)c1sc2ncn(CC(=O)Nc3ccc(S(=O)(=O)N4CCOCC4)cc3)c(=O)c2c1C. The van der Waals surface area contributed by atoms with Crippen molar-refractivity contribution < 1.29 is 22.7 Å². The minimum Gasteiger partial charge on any atom is -0.379 e. The molecule has 0 aliphatic carbocycles. The van der Waals surface area contributed by atoms with Gasteiger partial charge in [0.15, 0.2) is 0 Å². The van der Waals surface area contributed by atoms with E-state index in [-0.39, 0.29) is 35.8 Å². The molecule has 0 atom stereocenters. The van der Waals surface area contributed by atoms with Crippen LogP contribution >= 0.6 is 11.3 Å². The van der Waals surface area contributed by atoms with Gasteiger partial charge in [0.2, 0.25) is 15.9 Å². The van der Waals surface area contributed by atoms with Crippen LogP contribution in [0.2, 0.25) is 0 Å². The van der Waals surface area contributed by atoms with Crippen molar-refractivity contribution in [2.45, 2.75) is 25.3 Å². The standard InChI is InChI=1S/C27H27N5O6S2/c1-17-5-3-4-6-21(17)30-25(34)24-18(2)23-26(39-24)28-16-31(27(23)35)15-22(33)29-19-7-9-20(10-8-19)40(36,37)32-11-13-38-14-12-32/h3-10,16H,11-15H2,1-2H3,(H,29,33)(H,30,34). The van der Waals surface area contributed by atoms with Crippen LogP contribution in [0.15, 0.2) is 64.5 Å². The minimum absolute atomic E-state index is 0.119. The van der Waals surface area contributed by atoms with E-state index in [1.807, 2.05) is 25.1 Å². The smallest absolute Gasteiger partial charge is 0.266 e. The van der Waals surface area contributed by atoms with E-state index in [0.29, 0.717) is 39.9 Å². The third-order valence-corrected chi connectivity index (χ3v) is 9.69. The third kappa shape index (κ3) is 5.54. The lowest BCUT2D eigenvalue weighted by molar-refractivity contribution is -0.116. The maximum atomic E-state index is 13.2. The predicted octanol–water partition coefficient (Wildman–Crippen LogP) is 2.99. The van der Waals surface area contributed by atoms with Gasteiger partial charge in [-0.3, -0.25) is 19.0 Å². The molecule has 0 spiro atoms. The molecular formula is C27H27N5O6S2. The van der Waals surface area contributed by atoms with Gasteiger partial charge in [-0.2, -0.15) is 4.31 Å². The molecule has 2 aromatic carbocycles. The fraction of sp³-hybridized carbons (Fsp3) is 0.259. The molecule has 1 aliphatic rings. The van der Waals surface area contributed by atoms with Crippen molar-refractivity contribution in [1.82, 2.24) is 13.9 Å². The summed E-state index contributed by atoms with van der Waals surface area (Å²) in [6.07, 6.45) is 1.28. The third-order valence-electron chi connectivity index (χ3n) is 6.58. The largest absolute Gasteiger partial charge is 0.379 e. The first-order valence-corrected chi connectivity index (χ1v) is 14.7. The molecular weight excluding hydrogens is 554 g/mol. The predicted molar refractivity (Wildman–Crippen MR) is 152 cm³/mol. The Morgan fingerprint density at radius 2 is 1.73 bits per heavy atom. The van der Waals surface area contributed by atoms with Gasteiger partial charge in [-0.25, -0.2) is 13.4 Å². The van der Waals surface area contributed by atoms with Crippen LogP contribution in [-0.2, 0) is 26.1 Å². The van der Waals surface area contributed by atoms with Gasteiger partial charge in [0, 0.05) is 24.5 Å². The van der Waals surface area contributed by atoms with Crippen LogP contribution in [0.3, 0.4) is 0 Å². The Balaban J connectivity index is 1.29. The molecule has 2 aromatic heterocycles. The summed E-state index contributed by atoms with van der Waals surface area (Å²) in [7, 11) is -3.65. The number of carbonyl (C=O) groups excluding carboxylic acids is 2. The molecule has 4 aromatic rings. The lowest BCUT2D eigenvalue weighted by atomic mass is 10.2. The first kappa shape index (κ1) is 27.6. The summed E-state index contributed by atoms with van der Waals surface area (Å²) in [6, 6.07) is 13.3. The number of nitrogens with one attached hydrogen (secondary N) is 2. The Bertz CT molecular complexity index is 1760. The van der Waals surface area contributed by atoms with Gasteiger partial charge in [-0.05, 0) is 55.3 Å². The lowest BCUT2D eigenvalue weighted by Gasteiger charge is -2.26. The molecule has 2 amide bonds. The Kier molecular flexibility index (Phi) is 7.81. The number of nitrogens with zero attached hydrogens (tertiary/aromatic N) is 3. The minimum atomic E-state index is -3.65. The Labute approximate surface area is 234 Å². The van der Waals surface area contributed by atoms with E-state index in [1.54, 1.807) is 13.0 Å². The second-order valence-electron chi connectivity index (χ2n) is 9.27. The molecule has 208 valence electrons. The molecule has 0 bridgehead atoms. The summed E-state index contributed by atoms with van der Waals surface area (Å²) in [6.45, 7) is 4.54. The van der Waals surface area contributed by atoms with Crippen LogP contribution in [0.4, 0.5) is 11.4 Å². The van der Waals surface area contributed by atoms with Crippen LogP contribution in [0.25, 0.3) is 10.2 Å². The summed E-state index contributed by atoms with van der Waals surface area (Å²) < 4.78 is 33.4. The number of morpholine rings is 1. The second kappa shape index (κ2) is 11.3. The van der Waals surface area contributed by atoms with Gasteiger partial charge in [-0.15, -0.1) is 11.3 Å². The van der Waals surface area contributed by atoms with E-state index in [0.717, 1.165) is 16.9 Å². The number of hydrogen-bond acceptors (Lipinski definition) is 8. The van der Waals surface area contributed by atoms with Crippen LogP contribution < -0.4 is 16.2 Å². The van der Waals surface area contributed by atoms with Crippen molar-refractivity contribution in [2.75, 3.05) is 36.9 Å². The molecule has 5 rings (SSSR count). The number of hydrogen-bond donors (Lipinski definition) is 2. The molecule has 2 N–H and O–H groups in total. The number of thiophene rings is 1. The van der Waals surface area contributed by atoms with Crippen molar-refractivity contribution >= 4 is 54.8 Å². The van der Waals surface area contributed by atoms with Crippen molar-refractivity contribution in [3.05, 3.63) is 81.2 Å². The number of aromatic nitrogens is 2. The van der Waals surface area contributed by atoms with Gasteiger partial charge in [0.05, 0.1) is 34.7 Å². The van der Waals surface area contributed by atoms with Crippen LogP contribution in [-0.4, -0.2) is 60.4 Å². The van der Waals surface area contributed by atoms with Gasteiger partial charge in [0.1, 0.15) is 11.4 Å². The Morgan fingerprint density at radius 3 is 2.42 bits per heavy atom. The molecule has 0 unspecified atom stereocenters. The van der Waals surface area contributed by atoms with E-state index >= 15 is 0 Å². The average molecular weight is 582 g/mol. The molecule has 0 saturated carbocycles. The summed E-state index contributed by atoms with van der Waals surface area (Å²) in [5.74, 6) is -0.824. The lowest BCUT2D eigenvalue weighted by Crippen LogP contribution is -2.40. The van der Waals surface area contributed by atoms with Crippen molar-refractivity contribution in [1.29, 1.82) is 0 Å². The van der Waals surface area contributed by atoms with Crippen molar-refractivity contribution in [2.24, 2.45) is 0 Å². The highest BCUT2D eigenvalue weighted by Crippen LogP contribution is 2.28. The molecule has 1 fully saturated rings. The average Bonchev–Trinajstić information content (AvgIpc) is 3.29. The molecule has 11 nitrogen and oxygen atoms in total. The molecule has 13 heteroatoms. The second-order valence-corrected chi connectivity index (χ2v) is 12.2. The van der Waals surface area contributed by atoms with Crippen LogP contribution in [0, 0.1) is 13.8 Å². The van der Waals surface area contributed by atoms with E-state index < -0.39 is 21.5 Å². The number of benzene rings is 2. The molecule has 1 saturated heterocycles. The summed E-state index contributed by atoms with van der Waals surface area (Å²) in [5.41, 5.74) is 2.04. The number of para-hydroxylation sites is 1. The zero-order valence-electron chi connectivity index (χ0n) is 21.8. The number of anilines is 2. The van der Waals surface area contributed by atoms with Crippen LogP contribution in [0.1, 0.15) is 20.8 Å². The van der Waals surface area contributed by atoms with E-state index in [4.69, 9.17) is 4.74 Å². The number of amides is 2. The zero-order valence-corrected chi connectivity index (χ0v) is 23.5. The molecule has 40 heavy (non-hydrogen) atoms. The quantitative estimate of drug-likeness (QED) is 0.342. The van der Waals surface area contributed by atoms with Crippen molar-refractivity contribution in [3.8, 4) is 0 Å². The van der Waals surface area contributed by atoms with Crippen LogP contribution in [0.5, 0.6) is 0 Å². The summed E-state index contributed by atoms with van der Waals surface area (Å²) in [4.78, 5) is 44.1. The Morgan fingerprint density at radius 1 is 1.02 bits per heavy atom. The highest BCUT2D eigenvalue weighted by molar-refractivity contribution is 7.89. The molecule has 1 aliphatic heterocycles. The zero-order chi connectivity index (χ0) is 28.4. The topological polar surface area (TPSA) is 140 Å². The fourth-order valence-electron chi connectivity index (χ4n) is 4.38. The Hall–Kier alpha value is -3.91. The monoisotopic (exact) mass is 581 g/mol. The molecule has 3 heterocycles. The maximum absolute atomic E-state index is 13.2. The number of sulfonamides is 1. The fourth-order valence-corrected chi connectivity index (χ4v) is 6.82. The number of aryl methyl sites for hydroxylation is 2. The number of carbonyl (C=O) groups is 2. The van der Waals surface area contributed by atoms with Crippen molar-refractivity contribution in [3.63, 3.8) is 0 Å². The first-order valence-electron chi connectivity index (χ1n) is 12.5. The number of ether oxygens (including phenoxy) is 1. The van der Waals surface area contributed by atoms with Gasteiger partial charge < -0.3 is 15.4 Å². The normalized spacial score (nSPS) is 14.2.